The highest BCUT2D eigenvalue weighted by Crippen LogP contribution is 2.41. The second kappa shape index (κ2) is 4.82. The summed E-state index contributed by atoms with van der Waals surface area (Å²) in [6, 6.07) is 4.34. The van der Waals surface area contributed by atoms with Gasteiger partial charge in [-0.1, -0.05) is 12.5 Å². The maximum atomic E-state index is 10.1. The minimum absolute atomic E-state index is 0.448. The molecule has 0 atom stereocenters. The van der Waals surface area contributed by atoms with E-state index >= 15 is 0 Å². The van der Waals surface area contributed by atoms with E-state index < -0.39 is 5.60 Å². The maximum Gasteiger partial charge on any atom is 0.122 e. The normalized spacial score (nSPS) is 21.0. The average molecular weight is 260 g/mol. The Morgan fingerprint density at radius 2 is 1.89 bits per heavy atom. The number of rotatable bonds is 5. The van der Waals surface area contributed by atoms with Gasteiger partial charge in [-0.3, -0.25) is 0 Å². The van der Waals surface area contributed by atoms with E-state index in [0.29, 0.717) is 0 Å². The molecule has 2 aliphatic carbocycles. The Morgan fingerprint density at radius 1 is 1.21 bits per heavy atom. The van der Waals surface area contributed by atoms with Crippen LogP contribution >= 0.6 is 0 Å². The summed E-state index contributed by atoms with van der Waals surface area (Å²) in [7, 11) is 0. The first-order chi connectivity index (χ1) is 9.06. The van der Waals surface area contributed by atoms with Crippen LogP contribution in [0.25, 0.3) is 0 Å². The highest BCUT2D eigenvalue weighted by Gasteiger charge is 2.40. The van der Waals surface area contributed by atoms with E-state index in [0.717, 1.165) is 37.5 Å². The van der Waals surface area contributed by atoms with Crippen LogP contribution in [0, 0.1) is 19.8 Å². The Bertz CT molecular complexity index is 470. The van der Waals surface area contributed by atoms with Crippen molar-refractivity contribution in [3.63, 3.8) is 0 Å². The molecule has 2 fully saturated rings. The van der Waals surface area contributed by atoms with Crippen molar-refractivity contribution in [2.24, 2.45) is 5.92 Å². The van der Waals surface area contributed by atoms with Gasteiger partial charge in [0.2, 0.25) is 0 Å². The lowest BCUT2D eigenvalue weighted by atomic mass is 9.86. The van der Waals surface area contributed by atoms with Crippen molar-refractivity contribution in [1.82, 2.24) is 0 Å². The van der Waals surface area contributed by atoms with Crippen LogP contribution in [-0.2, 0) is 6.42 Å². The van der Waals surface area contributed by atoms with Crippen molar-refractivity contribution in [3.8, 4) is 5.75 Å². The SMILES string of the molecule is Cc1cc(CC2(O)CC2)c(OCC2CCC2)cc1C. The van der Waals surface area contributed by atoms with Crippen LogP contribution in [0.4, 0.5) is 0 Å². The monoisotopic (exact) mass is 260 g/mol. The van der Waals surface area contributed by atoms with Gasteiger partial charge in [0, 0.05) is 6.42 Å². The first-order valence-corrected chi connectivity index (χ1v) is 7.51. The van der Waals surface area contributed by atoms with Crippen molar-refractivity contribution in [1.29, 1.82) is 0 Å². The van der Waals surface area contributed by atoms with E-state index in [1.165, 1.54) is 36.0 Å². The number of aryl methyl sites for hydroxylation is 2. The van der Waals surface area contributed by atoms with Crippen molar-refractivity contribution in [2.45, 2.75) is 58.0 Å². The first kappa shape index (κ1) is 13.0. The molecule has 1 aromatic carbocycles. The standard InChI is InChI=1S/C17H24O2/c1-12-8-15(10-17(18)6-7-17)16(9-13(12)2)19-11-14-4-3-5-14/h8-9,14,18H,3-7,10-11H2,1-2H3. The van der Waals surface area contributed by atoms with Gasteiger partial charge in [0.15, 0.2) is 0 Å². The van der Waals surface area contributed by atoms with Crippen molar-refractivity contribution in [2.75, 3.05) is 6.61 Å². The van der Waals surface area contributed by atoms with Crippen molar-refractivity contribution < 1.29 is 9.84 Å². The van der Waals surface area contributed by atoms with E-state index in [1.807, 2.05) is 0 Å². The predicted octanol–water partition coefficient (Wildman–Crippen LogP) is 3.55. The number of aliphatic hydroxyl groups is 1. The summed E-state index contributed by atoms with van der Waals surface area (Å²) in [6.45, 7) is 5.10. The molecule has 0 saturated heterocycles. The van der Waals surface area contributed by atoms with Crippen LogP contribution < -0.4 is 4.74 Å². The second-order valence-electron chi connectivity index (χ2n) is 6.55. The van der Waals surface area contributed by atoms with E-state index in [4.69, 9.17) is 4.74 Å². The third-order valence-electron chi connectivity index (χ3n) is 4.72. The molecular weight excluding hydrogens is 236 g/mol. The lowest BCUT2D eigenvalue weighted by Crippen LogP contribution is -2.20. The van der Waals surface area contributed by atoms with Gasteiger partial charge in [-0.2, -0.15) is 0 Å². The fraction of sp³-hybridized carbons (Fsp3) is 0.647. The van der Waals surface area contributed by atoms with Gasteiger partial charge in [0.05, 0.1) is 12.2 Å². The Balaban J connectivity index is 1.76. The van der Waals surface area contributed by atoms with Crippen molar-refractivity contribution >= 4 is 0 Å². The molecule has 0 aromatic heterocycles. The van der Waals surface area contributed by atoms with Gasteiger partial charge in [-0.05, 0) is 68.2 Å². The zero-order chi connectivity index (χ0) is 13.5. The highest BCUT2D eigenvalue weighted by molar-refractivity contribution is 5.43. The van der Waals surface area contributed by atoms with Gasteiger partial charge in [-0.15, -0.1) is 0 Å². The zero-order valence-corrected chi connectivity index (χ0v) is 12.0. The molecule has 0 radical (unpaired) electrons. The van der Waals surface area contributed by atoms with E-state index in [2.05, 4.69) is 26.0 Å². The summed E-state index contributed by atoms with van der Waals surface area (Å²) in [4.78, 5) is 0. The summed E-state index contributed by atoms with van der Waals surface area (Å²) in [5.41, 5.74) is 3.30. The van der Waals surface area contributed by atoms with Crippen LogP contribution in [0.3, 0.4) is 0 Å². The third-order valence-corrected chi connectivity index (χ3v) is 4.72. The molecule has 0 spiro atoms. The Hall–Kier alpha value is -1.02. The molecule has 104 valence electrons. The van der Waals surface area contributed by atoms with E-state index in [9.17, 15) is 5.11 Å². The zero-order valence-electron chi connectivity index (χ0n) is 12.0. The number of ether oxygens (including phenoxy) is 1. The van der Waals surface area contributed by atoms with Crippen LogP contribution in [0.2, 0.25) is 0 Å². The Labute approximate surface area is 115 Å². The maximum absolute atomic E-state index is 10.1. The molecule has 2 aliphatic rings. The third kappa shape index (κ3) is 2.94. The Morgan fingerprint density at radius 3 is 2.47 bits per heavy atom. The molecule has 2 nitrogen and oxygen atoms in total. The lowest BCUT2D eigenvalue weighted by molar-refractivity contribution is 0.146. The van der Waals surface area contributed by atoms with Crippen LogP contribution in [0.15, 0.2) is 12.1 Å². The number of benzene rings is 1. The molecule has 1 N–H and O–H groups in total. The second-order valence-corrected chi connectivity index (χ2v) is 6.55. The number of hydrogen-bond acceptors (Lipinski definition) is 2. The molecular formula is C17H24O2. The summed E-state index contributed by atoms with van der Waals surface area (Å²) >= 11 is 0. The minimum atomic E-state index is -0.448. The molecule has 1 aromatic rings. The van der Waals surface area contributed by atoms with Gasteiger partial charge in [-0.25, -0.2) is 0 Å². The number of hydrogen-bond donors (Lipinski definition) is 1. The molecule has 19 heavy (non-hydrogen) atoms. The smallest absolute Gasteiger partial charge is 0.122 e. The van der Waals surface area contributed by atoms with Gasteiger partial charge in [0.1, 0.15) is 5.75 Å². The highest BCUT2D eigenvalue weighted by atomic mass is 16.5. The Kier molecular flexibility index (Phi) is 3.30. The molecule has 0 unspecified atom stereocenters. The molecule has 0 amide bonds. The molecule has 0 aliphatic heterocycles. The van der Waals surface area contributed by atoms with Crippen LogP contribution in [0.5, 0.6) is 5.75 Å². The quantitative estimate of drug-likeness (QED) is 0.877. The van der Waals surface area contributed by atoms with E-state index in [-0.39, 0.29) is 0 Å². The summed E-state index contributed by atoms with van der Waals surface area (Å²) < 4.78 is 6.04. The largest absolute Gasteiger partial charge is 0.493 e. The first-order valence-electron chi connectivity index (χ1n) is 7.51. The van der Waals surface area contributed by atoms with Gasteiger partial charge < -0.3 is 9.84 Å². The van der Waals surface area contributed by atoms with Crippen molar-refractivity contribution in [3.05, 3.63) is 28.8 Å². The lowest BCUT2D eigenvalue weighted by Gasteiger charge is -2.26. The molecule has 3 rings (SSSR count). The topological polar surface area (TPSA) is 29.5 Å². The predicted molar refractivity (Wildman–Crippen MR) is 76.6 cm³/mol. The summed E-state index contributed by atoms with van der Waals surface area (Å²) in [5, 5.41) is 10.1. The molecule has 0 bridgehead atoms. The van der Waals surface area contributed by atoms with Gasteiger partial charge >= 0.3 is 0 Å². The fourth-order valence-electron chi connectivity index (χ4n) is 2.66. The van der Waals surface area contributed by atoms with E-state index in [1.54, 1.807) is 0 Å². The molecule has 2 saturated carbocycles. The summed E-state index contributed by atoms with van der Waals surface area (Å²) in [6.07, 6.45) is 6.58. The molecule has 0 heterocycles. The molecule has 2 heteroatoms. The average Bonchev–Trinajstić information content (AvgIpc) is 3.01. The summed E-state index contributed by atoms with van der Waals surface area (Å²) in [5.74, 6) is 1.74. The van der Waals surface area contributed by atoms with Crippen LogP contribution in [-0.4, -0.2) is 17.3 Å². The minimum Gasteiger partial charge on any atom is -0.493 e. The fourth-order valence-corrected chi connectivity index (χ4v) is 2.66. The van der Waals surface area contributed by atoms with Crippen LogP contribution in [0.1, 0.15) is 48.8 Å². The van der Waals surface area contributed by atoms with Gasteiger partial charge in [0.25, 0.3) is 0 Å².